The SMILES string of the molecule is COCc1cccc(C(=O)NCCc2c[nH]c3ccccc23)c1. The van der Waals surface area contributed by atoms with Crippen molar-refractivity contribution >= 4 is 16.8 Å². The molecule has 0 aliphatic heterocycles. The molecule has 0 atom stereocenters. The number of methoxy groups -OCH3 is 1. The van der Waals surface area contributed by atoms with Crippen LogP contribution >= 0.6 is 0 Å². The highest BCUT2D eigenvalue weighted by atomic mass is 16.5. The average Bonchev–Trinajstić information content (AvgIpc) is 2.99. The lowest BCUT2D eigenvalue weighted by molar-refractivity contribution is 0.0954. The lowest BCUT2D eigenvalue weighted by Crippen LogP contribution is -2.25. The van der Waals surface area contributed by atoms with Crippen molar-refractivity contribution in [3.63, 3.8) is 0 Å². The number of para-hydroxylation sites is 1. The molecule has 0 radical (unpaired) electrons. The predicted molar refractivity (Wildman–Crippen MR) is 91.5 cm³/mol. The van der Waals surface area contributed by atoms with Gasteiger partial charge in [0.25, 0.3) is 5.91 Å². The van der Waals surface area contributed by atoms with E-state index in [0.29, 0.717) is 18.7 Å². The zero-order valence-electron chi connectivity index (χ0n) is 13.1. The van der Waals surface area contributed by atoms with Crippen molar-refractivity contribution < 1.29 is 9.53 Å². The van der Waals surface area contributed by atoms with Gasteiger partial charge in [0.15, 0.2) is 0 Å². The lowest BCUT2D eigenvalue weighted by atomic mass is 10.1. The molecule has 0 aliphatic rings. The van der Waals surface area contributed by atoms with Crippen LogP contribution in [0.4, 0.5) is 0 Å². The second kappa shape index (κ2) is 7.11. The molecule has 0 fully saturated rings. The van der Waals surface area contributed by atoms with Gasteiger partial charge < -0.3 is 15.0 Å². The van der Waals surface area contributed by atoms with Crippen LogP contribution in [0.15, 0.2) is 54.7 Å². The standard InChI is InChI=1S/C19H20N2O2/c1-23-13-14-5-4-6-15(11-14)19(22)20-10-9-16-12-21-18-8-3-2-7-17(16)18/h2-8,11-12,21H,9-10,13H2,1H3,(H,20,22). The van der Waals surface area contributed by atoms with Gasteiger partial charge in [-0.25, -0.2) is 0 Å². The van der Waals surface area contributed by atoms with Crippen molar-refractivity contribution in [1.82, 2.24) is 10.3 Å². The van der Waals surface area contributed by atoms with E-state index in [4.69, 9.17) is 4.74 Å². The molecular formula is C19H20N2O2. The number of aromatic nitrogens is 1. The van der Waals surface area contributed by atoms with Crippen LogP contribution in [-0.4, -0.2) is 24.5 Å². The molecule has 0 unspecified atom stereocenters. The Morgan fingerprint density at radius 1 is 1.17 bits per heavy atom. The molecule has 2 N–H and O–H groups in total. The summed E-state index contributed by atoms with van der Waals surface area (Å²) in [6, 6.07) is 15.7. The Balaban J connectivity index is 1.60. The Hall–Kier alpha value is -2.59. The molecule has 1 aromatic heterocycles. The van der Waals surface area contributed by atoms with Crippen molar-refractivity contribution in [1.29, 1.82) is 0 Å². The Morgan fingerprint density at radius 2 is 2.04 bits per heavy atom. The molecule has 0 saturated heterocycles. The second-order valence-corrected chi connectivity index (χ2v) is 5.50. The molecule has 0 spiro atoms. The van der Waals surface area contributed by atoms with Gasteiger partial charge in [-0.3, -0.25) is 4.79 Å². The summed E-state index contributed by atoms with van der Waals surface area (Å²) in [5.41, 5.74) is 4.00. The molecule has 3 aromatic rings. The molecule has 23 heavy (non-hydrogen) atoms. The fraction of sp³-hybridized carbons (Fsp3) is 0.211. The third-order valence-corrected chi connectivity index (χ3v) is 3.85. The largest absolute Gasteiger partial charge is 0.380 e. The van der Waals surface area contributed by atoms with E-state index < -0.39 is 0 Å². The van der Waals surface area contributed by atoms with Crippen LogP contribution < -0.4 is 5.32 Å². The van der Waals surface area contributed by atoms with Crippen molar-refractivity contribution in [3.05, 3.63) is 71.4 Å². The van der Waals surface area contributed by atoms with Crippen LogP contribution in [0.2, 0.25) is 0 Å². The first kappa shape index (κ1) is 15.3. The molecule has 0 saturated carbocycles. The summed E-state index contributed by atoms with van der Waals surface area (Å²) in [6.07, 6.45) is 2.81. The average molecular weight is 308 g/mol. The van der Waals surface area contributed by atoms with Gasteiger partial charge in [0.2, 0.25) is 0 Å². The number of fused-ring (bicyclic) bond motifs is 1. The third kappa shape index (κ3) is 3.60. The fourth-order valence-electron chi connectivity index (χ4n) is 2.72. The Labute approximate surface area is 135 Å². The Bertz CT molecular complexity index is 808. The summed E-state index contributed by atoms with van der Waals surface area (Å²) in [5, 5.41) is 4.19. The molecule has 0 aliphatic carbocycles. The molecule has 1 amide bonds. The number of ether oxygens (including phenoxy) is 1. The van der Waals surface area contributed by atoms with Crippen LogP contribution in [0, 0.1) is 0 Å². The highest BCUT2D eigenvalue weighted by molar-refractivity contribution is 5.94. The fourth-order valence-corrected chi connectivity index (χ4v) is 2.72. The van der Waals surface area contributed by atoms with E-state index in [1.165, 1.54) is 10.9 Å². The van der Waals surface area contributed by atoms with Crippen LogP contribution in [0.25, 0.3) is 10.9 Å². The minimum atomic E-state index is -0.0530. The molecule has 118 valence electrons. The number of carbonyl (C=O) groups excluding carboxylic acids is 1. The maximum absolute atomic E-state index is 12.2. The zero-order chi connectivity index (χ0) is 16.1. The summed E-state index contributed by atoms with van der Waals surface area (Å²) < 4.78 is 5.10. The van der Waals surface area contributed by atoms with Gasteiger partial charge in [-0.1, -0.05) is 30.3 Å². The highest BCUT2D eigenvalue weighted by Crippen LogP contribution is 2.17. The van der Waals surface area contributed by atoms with Gasteiger partial charge in [0.05, 0.1) is 6.61 Å². The van der Waals surface area contributed by atoms with Gasteiger partial charge >= 0.3 is 0 Å². The van der Waals surface area contributed by atoms with Crippen molar-refractivity contribution in [3.8, 4) is 0 Å². The van der Waals surface area contributed by atoms with Gasteiger partial charge in [-0.15, -0.1) is 0 Å². The van der Waals surface area contributed by atoms with E-state index in [1.54, 1.807) is 7.11 Å². The number of amides is 1. The molecule has 0 bridgehead atoms. The van der Waals surface area contributed by atoms with Crippen molar-refractivity contribution in [2.45, 2.75) is 13.0 Å². The second-order valence-electron chi connectivity index (χ2n) is 5.50. The number of carbonyl (C=O) groups is 1. The number of H-pyrrole nitrogens is 1. The molecule has 4 nitrogen and oxygen atoms in total. The molecular weight excluding hydrogens is 288 g/mol. The lowest BCUT2D eigenvalue weighted by Gasteiger charge is -2.07. The highest BCUT2D eigenvalue weighted by Gasteiger charge is 2.07. The van der Waals surface area contributed by atoms with Gasteiger partial charge in [0, 0.05) is 36.3 Å². The molecule has 2 aromatic carbocycles. The predicted octanol–water partition coefficient (Wildman–Crippen LogP) is 3.29. The first-order chi connectivity index (χ1) is 11.3. The maximum Gasteiger partial charge on any atom is 0.251 e. The summed E-state index contributed by atoms with van der Waals surface area (Å²) in [5.74, 6) is -0.0530. The summed E-state index contributed by atoms with van der Waals surface area (Å²) in [4.78, 5) is 15.5. The minimum absolute atomic E-state index is 0.0530. The van der Waals surface area contributed by atoms with Gasteiger partial charge in [-0.05, 0) is 35.7 Å². The van der Waals surface area contributed by atoms with Crippen LogP contribution in [-0.2, 0) is 17.8 Å². The monoisotopic (exact) mass is 308 g/mol. The quantitative estimate of drug-likeness (QED) is 0.734. The number of nitrogens with one attached hydrogen (secondary N) is 2. The summed E-state index contributed by atoms with van der Waals surface area (Å²) in [7, 11) is 1.65. The van der Waals surface area contributed by atoms with Crippen molar-refractivity contribution in [2.24, 2.45) is 0 Å². The number of hydrogen-bond donors (Lipinski definition) is 2. The van der Waals surface area contributed by atoms with E-state index >= 15 is 0 Å². The van der Waals surface area contributed by atoms with Crippen LogP contribution in [0.1, 0.15) is 21.5 Å². The first-order valence-corrected chi connectivity index (χ1v) is 7.69. The zero-order valence-corrected chi connectivity index (χ0v) is 13.1. The molecule has 4 heteroatoms. The Kier molecular flexibility index (Phi) is 4.74. The first-order valence-electron chi connectivity index (χ1n) is 7.69. The summed E-state index contributed by atoms with van der Waals surface area (Å²) in [6.45, 7) is 1.12. The minimum Gasteiger partial charge on any atom is -0.380 e. The van der Waals surface area contributed by atoms with Crippen molar-refractivity contribution in [2.75, 3.05) is 13.7 Å². The molecule has 3 rings (SSSR count). The van der Waals surface area contributed by atoms with Gasteiger partial charge in [0.1, 0.15) is 0 Å². The van der Waals surface area contributed by atoms with Crippen LogP contribution in [0.3, 0.4) is 0 Å². The summed E-state index contributed by atoms with van der Waals surface area (Å²) >= 11 is 0. The smallest absolute Gasteiger partial charge is 0.251 e. The maximum atomic E-state index is 12.2. The van der Waals surface area contributed by atoms with E-state index in [-0.39, 0.29) is 5.91 Å². The Morgan fingerprint density at radius 3 is 2.91 bits per heavy atom. The molecule has 1 heterocycles. The van der Waals surface area contributed by atoms with Crippen LogP contribution in [0.5, 0.6) is 0 Å². The van der Waals surface area contributed by atoms with E-state index in [1.807, 2.05) is 42.6 Å². The van der Waals surface area contributed by atoms with E-state index in [9.17, 15) is 4.79 Å². The van der Waals surface area contributed by atoms with Gasteiger partial charge in [-0.2, -0.15) is 0 Å². The third-order valence-electron chi connectivity index (χ3n) is 3.85. The topological polar surface area (TPSA) is 54.1 Å². The van der Waals surface area contributed by atoms with E-state index in [2.05, 4.69) is 22.4 Å². The normalized spacial score (nSPS) is 10.8. The number of aromatic amines is 1. The number of hydrogen-bond acceptors (Lipinski definition) is 2. The van der Waals surface area contributed by atoms with E-state index in [0.717, 1.165) is 17.5 Å². The number of benzene rings is 2. The number of rotatable bonds is 6.